The van der Waals surface area contributed by atoms with E-state index in [-0.39, 0.29) is 10.9 Å². The molecule has 94 valence electrons. The van der Waals surface area contributed by atoms with Gasteiger partial charge in [0.05, 0.1) is 11.1 Å². The van der Waals surface area contributed by atoms with Crippen molar-refractivity contribution >= 4 is 16.9 Å². The van der Waals surface area contributed by atoms with Crippen LogP contribution < -0.4 is 5.56 Å². The lowest BCUT2D eigenvalue weighted by Crippen LogP contribution is -2.11. The first-order valence-corrected chi connectivity index (χ1v) is 4.76. The summed E-state index contributed by atoms with van der Waals surface area (Å²) < 4.78 is 37.5. The molecule has 2 aromatic rings. The maximum absolute atomic E-state index is 12.5. The van der Waals surface area contributed by atoms with Gasteiger partial charge in [0.25, 0.3) is 0 Å². The molecule has 0 atom stereocenters. The van der Waals surface area contributed by atoms with Gasteiger partial charge in [-0.05, 0) is 18.2 Å². The van der Waals surface area contributed by atoms with E-state index in [9.17, 15) is 22.8 Å². The molecular weight excluding hydrogens is 251 g/mol. The van der Waals surface area contributed by atoms with Gasteiger partial charge in [-0.2, -0.15) is 13.2 Å². The summed E-state index contributed by atoms with van der Waals surface area (Å²) in [4.78, 5) is 24.3. The number of hydrogen-bond donors (Lipinski definition) is 2. The topological polar surface area (TPSA) is 70.2 Å². The van der Waals surface area contributed by atoms with Gasteiger partial charge in [0, 0.05) is 17.0 Å². The number of carbonyl (C=O) groups is 1. The molecule has 1 aromatic heterocycles. The fourth-order valence-corrected chi connectivity index (χ4v) is 1.61. The number of H-pyrrole nitrogens is 1. The van der Waals surface area contributed by atoms with Crippen molar-refractivity contribution in [2.75, 3.05) is 0 Å². The average Bonchev–Trinajstić information content (AvgIpc) is 2.25. The highest BCUT2D eigenvalue weighted by Gasteiger charge is 2.31. The van der Waals surface area contributed by atoms with E-state index in [4.69, 9.17) is 5.11 Å². The van der Waals surface area contributed by atoms with Crippen LogP contribution in [0.3, 0.4) is 0 Å². The second-order valence-electron chi connectivity index (χ2n) is 3.61. The van der Waals surface area contributed by atoms with E-state index >= 15 is 0 Å². The van der Waals surface area contributed by atoms with Crippen molar-refractivity contribution in [1.82, 2.24) is 4.98 Å². The molecule has 0 aliphatic rings. The van der Waals surface area contributed by atoms with E-state index in [2.05, 4.69) is 4.98 Å². The minimum absolute atomic E-state index is 0.0490. The molecule has 0 aliphatic carbocycles. The van der Waals surface area contributed by atoms with Crippen LogP contribution in [0.5, 0.6) is 0 Å². The SMILES string of the molecule is O=C(O)c1cc(=O)[nH]c2ccc(C(F)(F)F)cc12. The Balaban J connectivity index is 2.83. The third-order valence-corrected chi connectivity index (χ3v) is 2.40. The van der Waals surface area contributed by atoms with Gasteiger partial charge in [0.15, 0.2) is 0 Å². The lowest BCUT2D eigenvalue weighted by Gasteiger charge is -2.08. The van der Waals surface area contributed by atoms with E-state index in [0.29, 0.717) is 6.07 Å². The number of aromatic amines is 1. The first kappa shape index (κ1) is 12.2. The lowest BCUT2D eigenvalue weighted by atomic mass is 10.1. The number of hydrogen-bond acceptors (Lipinski definition) is 2. The monoisotopic (exact) mass is 257 g/mol. The average molecular weight is 257 g/mol. The number of carboxylic acid groups (broad SMARTS) is 1. The number of pyridine rings is 1. The molecule has 0 bridgehead atoms. The van der Waals surface area contributed by atoms with Crippen molar-refractivity contribution in [2.24, 2.45) is 0 Å². The number of halogens is 3. The standard InChI is InChI=1S/C11H6F3NO3/c12-11(13,14)5-1-2-8-6(3-5)7(10(17)18)4-9(16)15-8/h1-4H,(H,15,16)(H,17,18). The Labute approximate surface area is 97.7 Å². The first-order chi connectivity index (χ1) is 8.29. The van der Waals surface area contributed by atoms with Gasteiger partial charge in [-0.25, -0.2) is 4.79 Å². The Bertz CT molecular complexity index is 688. The number of alkyl halides is 3. The number of rotatable bonds is 1. The molecule has 1 aromatic carbocycles. The molecule has 0 saturated heterocycles. The summed E-state index contributed by atoms with van der Waals surface area (Å²) in [6.45, 7) is 0. The molecule has 2 N–H and O–H groups in total. The molecule has 0 aliphatic heterocycles. The lowest BCUT2D eigenvalue weighted by molar-refractivity contribution is -0.137. The number of carboxylic acids is 1. The van der Waals surface area contributed by atoms with Gasteiger partial charge in [-0.1, -0.05) is 0 Å². The summed E-state index contributed by atoms with van der Waals surface area (Å²) in [5, 5.41) is 8.71. The van der Waals surface area contributed by atoms with Crippen molar-refractivity contribution in [1.29, 1.82) is 0 Å². The Kier molecular flexibility index (Phi) is 2.61. The minimum atomic E-state index is -4.57. The summed E-state index contributed by atoms with van der Waals surface area (Å²) in [7, 11) is 0. The third kappa shape index (κ3) is 2.06. The Morgan fingerprint density at radius 2 is 1.89 bits per heavy atom. The van der Waals surface area contributed by atoms with Crippen molar-refractivity contribution in [3.8, 4) is 0 Å². The number of fused-ring (bicyclic) bond motifs is 1. The Morgan fingerprint density at radius 3 is 2.44 bits per heavy atom. The van der Waals surface area contributed by atoms with Crippen LogP contribution in [0.25, 0.3) is 10.9 Å². The van der Waals surface area contributed by atoms with Gasteiger partial charge in [-0.3, -0.25) is 4.79 Å². The van der Waals surface area contributed by atoms with E-state index < -0.39 is 28.8 Å². The second kappa shape index (κ2) is 3.86. The Hall–Kier alpha value is -2.31. The molecule has 0 radical (unpaired) electrons. The second-order valence-corrected chi connectivity index (χ2v) is 3.61. The maximum Gasteiger partial charge on any atom is 0.416 e. The highest BCUT2D eigenvalue weighted by atomic mass is 19.4. The van der Waals surface area contributed by atoms with Crippen LogP contribution >= 0.6 is 0 Å². The number of nitrogens with one attached hydrogen (secondary N) is 1. The van der Waals surface area contributed by atoms with E-state index in [1.165, 1.54) is 0 Å². The quantitative estimate of drug-likeness (QED) is 0.823. The largest absolute Gasteiger partial charge is 0.478 e. The van der Waals surface area contributed by atoms with Crippen molar-refractivity contribution < 1.29 is 23.1 Å². The van der Waals surface area contributed by atoms with Crippen LogP contribution in [0.4, 0.5) is 13.2 Å². The molecular formula is C11H6F3NO3. The predicted molar refractivity (Wildman–Crippen MR) is 56.5 cm³/mol. The zero-order valence-corrected chi connectivity index (χ0v) is 8.71. The number of benzene rings is 1. The third-order valence-electron chi connectivity index (χ3n) is 2.40. The summed E-state index contributed by atoms with van der Waals surface area (Å²) >= 11 is 0. The van der Waals surface area contributed by atoms with Gasteiger partial charge >= 0.3 is 12.1 Å². The summed E-state index contributed by atoms with van der Waals surface area (Å²) in [6, 6.07) is 3.27. The maximum atomic E-state index is 12.5. The molecule has 7 heteroatoms. The van der Waals surface area contributed by atoms with Gasteiger partial charge < -0.3 is 10.1 Å². The molecule has 2 rings (SSSR count). The highest BCUT2D eigenvalue weighted by Crippen LogP contribution is 2.31. The minimum Gasteiger partial charge on any atom is -0.478 e. The molecule has 0 fully saturated rings. The van der Waals surface area contributed by atoms with Gasteiger partial charge in [0.2, 0.25) is 5.56 Å². The number of aromatic nitrogens is 1. The van der Waals surface area contributed by atoms with E-state index in [1.54, 1.807) is 0 Å². The summed E-state index contributed by atoms with van der Waals surface area (Å²) in [5.41, 5.74) is -2.06. The summed E-state index contributed by atoms with van der Waals surface area (Å²) in [6.07, 6.45) is -4.57. The van der Waals surface area contributed by atoms with Crippen LogP contribution in [0, 0.1) is 0 Å². The summed E-state index contributed by atoms with van der Waals surface area (Å²) in [5.74, 6) is -1.45. The highest BCUT2D eigenvalue weighted by molar-refractivity contribution is 6.02. The van der Waals surface area contributed by atoms with Crippen molar-refractivity contribution in [3.63, 3.8) is 0 Å². The Morgan fingerprint density at radius 1 is 1.22 bits per heavy atom. The van der Waals surface area contributed by atoms with E-state index in [1.807, 2.05) is 0 Å². The predicted octanol–water partition coefficient (Wildman–Crippen LogP) is 2.25. The molecule has 0 unspecified atom stereocenters. The van der Waals surface area contributed by atoms with Crippen LogP contribution in [0.2, 0.25) is 0 Å². The zero-order valence-electron chi connectivity index (χ0n) is 8.71. The van der Waals surface area contributed by atoms with Crippen molar-refractivity contribution in [3.05, 3.63) is 45.7 Å². The number of aromatic carboxylic acids is 1. The van der Waals surface area contributed by atoms with Crippen LogP contribution in [-0.2, 0) is 6.18 Å². The molecule has 0 spiro atoms. The molecule has 1 heterocycles. The smallest absolute Gasteiger partial charge is 0.416 e. The van der Waals surface area contributed by atoms with Gasteiger partial charge in [-0.15, -0.1) is 0 Å². The van der Waals surface area contributed by atoms with Crippen LogP contribution in [0.1, 0.15) is 15.9 Å². The van der Waals surface area contributed by atoms with Gasteiger partial charge in [0.1, 0.15) is 0 Å². The van der Waals surface area contributed by atoms with Crippen LogP contribution in [-0.4, -0.2) is 16.1 Å². The van der Waals surface area contributed by atoms with Crippen molar-refractivity contribution in [2.45, 2.75) is 6.18 Å². The molecule has 0 amide bonds. The molecule has 0 saturated carbocycles. The fraction of sp³-hybridized carbons (Fsp3) is 0.0909. The van der Waals surface area contributed by atoms with E-state index in [0.717, 1.165) is 18.2 Å². The van der Waals surface area contributed by atoms with Crippen LogP contribution in [0.15, 0.2) is 29.1 Å². The molecule has 18 heavy (non-hydrogen) atoms. The zero-order chi connectivity index (χ0) is 13.5. The molecule has 4 nitrogen and oxygen atoms in total. The normalized spacial score (nSPS) is 11.7. The first-order valence-electron chi connectivity index (χ1n) is 4.76. The fourth-order valence-electron chi connectivity index (χ4n) is 1.61.